The Morgan fingerprint density at radius 1 is 1.20 bits per heavy atom. The standard InChI is InChI=1S/C17H22N6O2/c1-12(23-11-18-10-20-23)16(24)21-13-5-7-14(8-6-13)22-17(25)15-4-2-3-9-19-15/h5-8,10-12,15,19H,2-4,9H2,1H3,(H,21,24)(H,22,25). The molecule has 2 heterocycles. The van der Waals surface area contributed by atoms with Gasteiger partial charge in [-0.1, -0.05) is 6.42 Å². The average molecular weight is 342 g/mol. The second kappa shape index (κ2) is 7.89. The number of nitrogens with one attached hydrogen (secondary N) is 3. The van der Waals surface area contributed by atoms with Crippen molar-refractivity contribution < 1.29 is 9.59 Å². The molecule has 0 saturated carbocycles. The number of aromatic nitrogens is 3. The molecule has 3 N–H and O–H groups in total. The van der Waals surface area contributed by atoms with Crippen LogP contribution in [0.5, 0.6) is 0 Å². The van der Waals surface area contributed by atoms with E-state index in [1.165, 1.54) is 17.3 Å². The number of hydrogen-bond donors (Lipinski definition) is 3. The zero-order valence-electron chi connectivity index (χ0n) is 14.1. The van der Waals surface area contributed by atoms with Gasteiger partial charge in [0.05, 0.1) is 6.04 Å². The van der Waals surface area contributed by atoms with Crippen LogP contribution < -0.4 is 16.0 Å². The summed E-state index contributed by atoms with van der Waals surface area (Å²) in [5.41, 5.74) is 1.37. The molecule has 25 heavy (non-hydrogen) atoms. The summed E-state index contributed by atoms with van der Waals surface area (Å²) in [6, 6.07) is 6.48. The van der Waals surface area contributed by atoms with Crippen LogP contribution in [0.25, 0.3) is 0 Å². The summed E-state index contributed by atoms with van der Waals surface area (Å²) < 4.78 is 1.49. The van der Waals surface area contributed by atoms with Crippen molar-refractivity contribution in [1.82, 2.24) is 20.1 Å². The minimum Gasteiger partial charge on any atom is -0.325 e. The number of piperidine rings is 1. The molecule has 2 aromatic rings. The fraction of sp³-hybridized carbons (Fsp3) is 0.412. The first-order chi connectivity index (χ1) is 12.1. The minimum atomic E-state index is -0.459. The van der Waals surface area contributed by atoms with Gasteiger partial charge < -0.3 is 16.0 Å². The number of carbonyl (C=O) groups is 2. The van der Waals surface area contributed by atoms with Crippen molar-refractivity contribution in [2.24, 2.45) is 0 Å². The summed E-state index contributed by atoms with van der Waals surface area (Å²) in [5.74, 6) is -0.204. The van der Waals surface area contributed by atoms with Gasteiger partial charge in [-0.15, -0.1) is 0 Å². The third kappa shape index (κ3) is 4.42. The summed E-state index contributed by atoms with van der Waals surface area (Å²) in [7, 11) is 0. The third-order valence-corrected chi connectivity index (χ3v) is 4.26. The molecule has 0 spiro atoms. The number of anilines is 2. The quantitative estimate of drug-likeness (QED) is 0.765. The van der Waals surface area contributed by atoms with Gasteiger partial charge in [0.25, 0.3) is 0 Å². The number of benzene rings is 1. The number of amides is 2. The van der Waals surface area contributed by atoms with E-state index in [2.05, 4.69) is 26.0 Å². The molecule has 1 fully saturated rings. The topological polar surface area (TPSA) is 101 Å². The van der Waals surface area contributed by atoms with E-state index in [9.17, 15) is 9.59 Å². The van der Waals surface area contributed by atoms with Crippen molar-refractivity contribution in [3.63, 3.8) is 0 Å². The Bertz CT molecular complexity index is 707. The van der Waals surface area contributed by atoms with Gasteiger partial charge in [0, 0.05) is 11.4 Å². The van der Waals surface area contributed by atoms with Crippen LogP contribution in [0.4, 0.5) is 11.4 Å². The molecule has 0 aliphatic carbocycles. The van der Waals surface area contributed by atoms with Crippen LogP contribution in [0, 0.1) is 0 Å². The molecule has 1 aromatic carbocycles. The summed E-state index contributed by atoms with van der Waals surface area (Å²) in [5, 5.41) is 12.9. The maximum absolute atomic E-state index is 12.2. The largest absolute Gasteiger partial charge is 0.325 e. The SMILES string of the molecule is CC(C(=O)Nc1ccc(NC(=O)C2CCCCN2)cc1)n1cncn1. The van der Waals surface area contributed by atoms with Crippen LogP contribution in [0.15, 0.2) is 36.9 Å². The smallest absolute Gasteiger partial charge is 0.249 e. The Hall–Kier alpha value is -2.74. The van der Waals surface area contributed by atoms with E-state index >= 15 is 0 Å². The van der Waals surface area contributed by atoms with E-state index in [1.54, 1.807) is 31.2 Å². The fourth-order valence-electron chi connectivity index (χ4n) is 2.73. The lowest BCUT2D eigenvalue weighted by Crippen LogP contribution is -2.43. The van der Waals surface area contributed by atoms with Gasteiger partial charge in [-0.3, -0.25) is 9.59 Å². The maximum atomic E-state index is 12.2. The second-order valence-corrected chi connectivity index (χ2v) is 6.11. The molecule has 2 unspecified atom stereocenters. The summed E-state index contributed by atoms with van der Waals surface area (Å²) in [6.07, 6.45) is 5.94. The number of nitrogens with zero attached hydrogens (tertiary/aromatic N) is 3. The highest BCUT2D eigenvalue weighted by Crippen LogP contribution is 2.16. The van der Waals surface area contributed by atoms with Crippen molar-refractivity contribution >= 4 is 23.2 Å². The van der Waals surface area contributed by atoms with Gasteiger partial charge in [0.1, 0.15) is 18.7 Å². The molecule has 2 amide bonds. The predicted octanol–water partition coefficient (Wildman–Crippen LogP) is 1.56. The Balaban J connectivity index is 1.55. The van der Waals surface area contributed by atoms with Crippen LogP contribution in [-0.4, -0.2) is 39.2 Å². The number of carbonyl (C=O) groups excluding carboxylic acids is 2. The Morgan fingerprint density at radius 3 is 2.52 bits per heavy atom. The van der Waals surface area contributed by atoms with E-state index in [1.807, 2.05) is 0 Å². The van der Waals surface area contributed by atoms with Crippen LogP contribution in [0.2, 0.25) is 0 Å². The van der Waals surface area contributed by atoms with Gasteiger partial charge in [-0.05, 0) is 50.6 Å². The maximum Gasteiger partial charge on any atom is 0.249 e. The van der Waals surface area contributed by atoms with Crippen molar-refractivity contribution in [3.05, 3.63) is 36.9 Å². The van der Waals surface area contributed by atoms with Crippen LogP contribution in [0.1, 0.15) is 32.2 Å². The fourth-order valence-corrected chi connectivity index (χ4v) is 2.73. The van der Waals surface area contributed by atoms with E-state index < -0.39 is 6.04 Å². The summed E-state index contributed by atoms with van der Waals surface area (Å²) in [4.78, 5) is 28.2. The molecule has 2 atom stereocenters. The van der Waals surface area contributed by atoms with E-state index in [-0.39, 0.29) is 17.9 Å². The van der Waals surface area contributed by atoms with E-state index in [0.717, 1.165) is 25.8 Å². The van der Waals surface area contributed by atoms with Gasteiger partial charge in [-0.2, -0.15) is 5.10 Å². The van der Waals surface area contributed by atoms with Crippen molar-refractivity contribution in [3.8, 4) is 0 Å². The molecule has 8 nitrogen and oxygen atoms in total. The monoisotopic (exact) mass is 342 g/mol. The first kappa shape index (κ1) is 17.1. The minimum absolute atomic E-state index is 0.0173. The second-order valence-electron chi connectivity index (χ2n) is 6.11. The first-order valence-electron chi connectivity index (χ1n) is 8.43. The van der Waals surface area contributed by atoms with E-state index in [4.69, 9.17) is 0 Å². The zero-order chi connectivity index (χ0) is 17.6. The molecule has 1 aliphatic rings. The highest BCUT2D eigenvalue weighted by Gasteiger charge is 2.20. The summed E-state index contributed by atoms with van der Waals surface area (Å²) >= 11 is 0. The molecule has 1 saturated heterocycles. The Labute approximate surface area is 146 Å². The third-order valence-electron chi connectivity index (χ3n) is 4.26. The average Bonchev–Trinajstić information content (AvgIpc) is 3.18. The van der Waals surface area contributed by atoms with Crippen molar-refractivity contribution in [2.45, 2.75) is 38.3 Å². The number of hydrogen-bond acceptors (Lipinski definition) is 5. The first-order valence-corrected chi connectivity index (χ1v) is 8.43. The lowest BCUT2D eigenvalue weighted by Gasteiger charge is -2.22. The van der Waals surface area contributed by atoms with Gasteiger partial charge in [0.15, 0.2) is 0 Å². The molecule has 8 heteroatoms. The van der Waals surface area contributed by atoms with Gasteiger partial charge in [-0.25, -0.2) is 9.67 Å². The van der Waals surface area contributed by atoms with Crippen molar-refractivity contribution in [2.75, 3.05) is 17.2 Å². The predicted molar refractivity (Wildman–Crippen MR) is 94.1 cm³/mol. The highest BCUT2D eigenvalue weighted by atomic mass is 16.2. The van der Waals surface area contributed by atoms with E-state index in [0.29, 0.717) is 11.4 Å². The van der Waals surface area contributed by atoms with Gasteiger partial charge >= 0.3 is 0 Å². The molecular weight excluding hydrogens is 320 g/mol. The lowest BCUT2D eigenvalue weighted by molar-refractivity contribution is -0.119. The van der Waals surface area contributed by atoms with Crippen molar-refractivity contribution in [1.29, 1.82) is 0 Å². The summed E-state index contributed by atoms with van der Waals surface area (Å²) in [6.45, 7) is 2.63. The molecule has 132 valence electrons. The molecule has 0 bridgehead atoms. The highest BCUT2D eigenvalue weighted by molar-refractivity contribution is 5.96. The molecule has 1 aliphatic heterocycles. The van der Waals surface area contributed by atoms with Gasteiger partial charge in [0.2, 0.25) is 11.8 Å². The van der Waals surface area contributed by atoms with Crippen LogP contribution in [-0.2, 0) is 9.59 Å². The normalized spacial score (nSPS) is 18.4. The lowest BCUT2D eigenvalue weighted by atomic mass is 10.0. The molecule has 0 radical (unpaired) electrons. The molecule has 3 rings (SSSR count). The molecule has 1 aromatic heterocycles. The zero-order valence-corrected chi connectivity index (χ0v) is 14.1. The van der Waals surface area contributed by atoms with Crippen LogP contribution >= 0.6 is 0 Å². The Kier molecular flexibility index (Phi) is 5.39. The van der Waals surface area contributed by atoms with Crippen LogP contribution in [0.3, 0.4) is 0 Å². The molecular formula is C17H22N6O2. The Morgan fingerprint density at radius 2 is 1.92 bits per heavy atom. The number of rotatable bonds is 5.